The Kier molecular flexibility index (Phi) is 9.22. The summed E-state index contributed by atoms with van der Waals surface area (Å²) in [5, 5.41) is 22.1. The summed E-state index contributed by atoms with van der Waals surface area (Å²) in [4.78, 5) is 64.2. The number of amides is 1. The molecule has 1 amide bonds. The molecular formula is C33H37NO10. The van der Waals surface area contributed by atoms with Crippen LogP contribution in [0.4, 0.5) is 0 Å². The maximum absolute atomic E-state index is 13.8. The Morgan fingerprint density at radius 1 is 0.818 bits per heavy atom. The van der Waals surface area contributed by atoms with Gasteiger partial charge in [-0.15, -0.1) is 0 Å². The van der Waals surface area contributed by atoms with Crippen LogP contribution in [0.25, 0.3) is 0 Å². The zero-order valence-electron chi connectivity index (χ0n) is 24.5. The molecule has 11 heteroatoms. The summed E-state index contributed by atoms with van der Waals surface area (Å²) in [5.74, 6) is -6.63. The predicted molar refractivity (Wildman–Crippen MR) is 154 cm³/mol. The number of aliphatic carboxylic acids is 2. The van der Waals surface area contributed by atoms with Gasteiger partial charge in [0, 0.05) is 18.4 Å². The third-order valence-electron chi connectivity index (χ3n) is 8.72. The number of esters is 2. The van der Waals surface area contributed by atoms with E-state index in [1.54, 1.807) is 24.3 Å². The average molecular weight is 608 g/mol. The smallest absolute Gasteiger partial charge is 0.345 e. The van der Waals surface area contributed by atoms with Crippen molar-refractivity contribution in [1.82, 2.24) is 5.32 Å². The van der Waals surface area contributed by atoms with Gasteiger partial charge in [-0.25, -0.2) is 9.59 Å². The van der Waals surface area contributed by atoms with Crippen LogP contribution in [0, 0.1) is 29.1 Å². The SMILES string of the molecule is CCCC1(C(=O)NCc2ccc(Oc3ccccc3)cc2)CC(C(=O)OC(C(=O)O)C2CC2)C1C(=O)OC(C(=O)O)C1CC1. The number of hydrogen-bond donors (Lipinski definition) is 3. The molecule has 0 aliphatic heterocycles. The molecule has 3 aliphatic rings. The number of ether oxygens (including phenoxy) is 3. The number of hydrogen-bond acceptors (Lipinski definition) is 8. The van der Waals surface area contributed by atoms with E-state index in [1.165, 1.54) is 0 Å². The lowest BCUT2D eigenvalue weighted by Crippen LogP contribution is -2.62. The molecule has 0 radical (unpaired) electrons. The summed E-state index contributed by atoms with van der Waals surface area (Å²) in [7, 11) is 0. The van der Waals surface area contributed by atoms with E-state index in [1.807, 2.05) is 37.3 Å². The molecule has 11 nitrogen and oxygen atoms in total. The number of carbonyl (C=O) groups is 5. The van der Waals surface area contributed by atoms with Crippen molar-refractivity contribution in [1.29, 1.82) is 0 Å². The van der Waals surface area contributed by atoms with Gasteiger partial charge in [-0.2, -0.15) is 0 Å². The first-order valence-electron chi connectivity index (χ1n) is 15.1. The lowest BCUT2D eigenvalue weighted by atomic mass is 9.51. The van der Waals surface area contributed by atoms with Crippen LogP contribution in [0.15, 0.2) is 54.6 Å². The molecule has 3 fully saturated rings. The maximum atomic E-state index is 13.8. The Morgan fingerprint density at radius 3 is 1.89 bits per heavy atom. The maximum Gasteiger partial charge on any atom is 0.345 e. The lowest BCUT2D eigenvalue weighted by Gasteiger charge is -2.51. The van der Waals surface area contributed by atoms with Gasteiger partial charge < -0.3 is 29.7 Å². The number of carboxylic acids is 2. The first-order chi connectivity index (χ1) is 21.1. The van der Waals surface area contributed by atoms with Gasteiger partial charge in [-0.3, -0.25) is 14.4 Å². The fourth-order valence-corrected chi connectivity index (χ4v) is 6.09. The first-order valence-corrected chi connectivity index (χ1v) is 15.1. The van der Waals surface area contributed by atoms with Crippen molar-refractivity contribution in [3.63, 3.8) is 0 Å². The molecule has 3 saturated carbocycles. The molecule has 2 aromatic rings. The second-order valence-corrected chi connectivity index (χ2v) is 12.0. The van der Waals surface area contributed by atoms with Gasteiger partial charge in [0.15, 0.2) is 0 Å². The standard InChI is InChI=1S/C33H37NO10/c1-2-16-33(32(41)34-18-19-8-14-23(15-9-19)42-22-6-4-3-5-7-22)17-24(30(39)43-26(28(35)36)20-10-11-20)25(33)31(40)44-27(29(37)38)21-12-13-21/h3-9,14-15,20-21,24-27H,2,10-13,16-18H2,1H3,(H,34,41)(H,35,36)(H,37,38). The first kappa shape index (κ1) is 31.0. The molecule has 3 aliphatic carbocycles. The highest BCUT2D eigenvalue weighted by Gasteiger charge is 2.65. The van der Waals surface area contributed by atoms with Crippen LogP contribution in [0.1, 0.15) is 57.4 Å². The number of benzene rings is 2. The fourth-order valence-electron chi connectivity index (χ4n) is 6.09. The van der Waals surface area contributed by atoms with E-state index in [4.69, 9.17) is 14.2 Å². The van der Waals surface area contributed by atoms with Gasteiger partial charge in [0.25, 0.3) is 0 Å². The molecule has 0 bridgehead atoms. The molecule has 0 spiro atoms. The molecular weight excluding hydrogens is 570 g/mol. The molecule has 0 heterocycles. The number of nitrogens with one attached hydrogen (secondary N) is 1. The molecule has 44 heavy (non-hydrogen) atoms. The summed E-state index contributed by atoms with van der Waals surface area (Å²) >= 11 is 0. The van der Waals surface area contributed by atoms with Gasteiger partial charge in [0.05, 0.1) is 17.3 Å². The van der Waals surface area contributed by atoms with E-state index in [9.17, 15) is 34.2 Å². The van der Waals surface area contributed by atoms with Crippen LogP contribution in [0.2, 0.25) is 0 Å². The molecule has 5 atom stereocenters. The lowest BCUT2D eigenvalue weighted by molar-refractivity contribution is -0.198. The number of carbonyl (C=O) groups excluding carboxylic acids is 3. The molecule has 5 unspecified atom stereocenters. The molecule has 2 aromatic carbocycles. The third kappa shape index (κ3) is 6.87. The third-order valence-corrected chi connectivity index (χ3v) is 8.72. The highest BCUT2D eigenvalue weighted by Crippen LogP contribution is 2.56. The molecule has 234 valence electrons. The topological polar surface area (TPSA) is 166 Å². The Bertz CT molecular complexity index is 1390. The molecule has 3 N–H and O–H groups in total. The van der Waals surface area contributed by atoms with Gasteiger partial charge in [0.2, 0.25) is 18.1 Å². The van der Waals surface area contributed by atoms with Crippen molar-refractivity contribution in [3.05, 3.63) is 60.2 Å². The van der Waals surface area contributed by atoms with Crippen molar-refractivity contribution >= 4 is 29.8 Å². The fraction of sp³-hybridized carbons (Fsp3) is 0.485. The molecule has 0 aromatic heterocycles. The summed E-state index contributed by atoms with van der Waals surface area (Å²) in [6, 6.07) is 16.4. The van der Waals surface area contributed by atoms with Crippen LogP contribution >= 0.6 is 0 Å². The van der Waals surface area contributed by atoms with Crippen LogP contribution in [0.5, 0.6) is 11.5 Å². The Hall–Kier alpha value is -4.41. The minimum atomic E-state index is -1.38. The van der Waals surface area contributed by atoms with Gasteiger partial charge >= 0.3 is 23.9 Å². The van der Waals surface area contributed by atoms with Crippen molar-refractivity contribution in [3.8, 4) is 11.5 Å². The quantitative estimate of drug-likeness (QED) is 0.248. The van der Waals surface area contributed by atoms with Crippen molar-refractivity contribution in [2.24, 2.45) is 29.1 Å². The molecule has 5 rings (SSSR count). The second kappa shape index (κ2) is 13.1. The Labute approximate surface area is 254 Å². The highest BCUT2D eigenvalue weighted by atomic mass is 16.6. The van der Waals surface area contributed by atoms with Crippen LogP contribution < -0.4 is 10.1 Å². The average Bonchev–Trinajstić information content (AvgIpc) is 3.91. The van der Waals surface area contributed by atoms with E-state index < -0.39 is 59.2 Å². The number of rotatable bonds is 15. The van der Waals surface area contributed by atoms with E-state index in [2.05, 4.69) is 5.32 Å². The van der Waals surface area contributed by atoms with E-state index in [0.717, 1.165) is 5.56 Å². The zero-order chi connectivity index (χ0) is 31.4. The summed E-state index contributed by atoms with van der Waals surface area (Å²) in [6.07, 6.45) is 0.391. The monoisotopic (exact) mass is 607 g/mol. The summed E-state index contributed by atoms with van der Waals surface area (Å²) in [6.45, 7) is 1.97. The second-order valence-electron chi connectivity index (χ2n) is 12.0. The van der Waals surface area contributed by atoms with Gasteiger partial charge in [-0.05, 0) is 68.4 Å². The summed E-state index contributed by atoms with van der Waals surface area (Å²) in [5.41, 5.74) is -0.579. The molecule has 0 saturated heterocycles. The van der Waals surface area contributed by atoms with Crippen LogP contribution in [-0.4, -0.2) is 52.2 Å². The largest absolute Gasteiger partial charge is 0.478 e. The minimum Gasteiger partial charge on any atom is -0.478 e. The number of carboxylic acid groups (broad SMARTS) is 2. The Balaban J connectivity index is 1.31. The van der Waals surface area contributed by atoms with Crippen molar-refractivity contribution < 1.29 is 48.4 Å². The summed E-state index contributed by atoms with van der Waals surface area (Å²) < 4.78 is 16.6. The number of para-hydroxylation sites is 1. The van der Waals surface area contributed by atoms with E-state index >= 15 is 0 Å². The predicted octanol–water partition coefficient (Wildman–Crippen LogP) is 4.33. The van der Waals surface area contributed by atoms with Gasteiger partial charge in [-0.1, -0.05) is 43.7 Å². The van der Waals surface area contributed by atoms with Crippen molar-refractivity contribution in [2.75, 3.05) is 0 Å². The van der Waals surface area contributed by atoms with E-state index in [-0.39, 0.29) is 31.2 Å². The van der Waals surface area contributed by atoms with Crippen LogP contribution in [-0.2, 0) is 40.0 Å². The minimum absolute atomic E-state index is 0.0483. The van der Waals surface area contributed by atoms with Gasteiger partial charge in [0.1, 0.15) is 11.5 Å². The van der Waals surface area contributed by atoms with E-state index in [0.29, 0.717) is 43.6 Å². The van der Waals surface area contributed by atoms with Crippen molar-refractivity contribution in [2.45, 2.75) is 70.6 Å². The highest BCUT2D eigenvalue weighted by molar-refractivity contribution is 5.96. The Morgan fingerprint density at radius 2 is 1.36 bits per heavy atom. The normalized spacial score (nSPS) is 23.8. The van der Waals surface area contributed by atoms with Crippen LogP contribution in [0.3, 0.4) is 0 Å². The zero-order valence-corrected chi connectivity index (χ0v) is 24.5.